The van der Waals surface area contributed by atoms with Crippen molar-refractivity contribution >= 4 is 5.69 Å². The van der Waals surface area contributed by atoms with Crippen molar-refractivity contribution < 1.29 is 17.9 Å². The van der Waals surface area contributed by atoms with Crippen molar-refractivity contribution in [2.75, 3.05) is 5.73 Å². The van der Waals surface area contributed by atoms with Crippen molar-refractivity contribution in [3.05, 3.63) is 17.8 Å². The number of nitrogen functional groups attached to an aromatic ring is 1. The number of anilines is 1. The minimum absolute atomic E-state index is 0.0178. The number of nitrogens with two attached hydrogens (primary N) is 1. The molecule has 0 amide bonds. The van der Waals surface area contributed by atoms with Crippen LogP contribution in [0.2, 0.25) is 0 Å². The Labute approximate surface area is 76.7 Å². The van der Waals surface area contributed by atoms with Crippen LogP contribution >= 0.6 is 0 Å². The second-order valence-electron chi connectivity index (χ2n) is 2.28. The van der Waals surface area contributed by atoms with E-state index in [4.69, 9.17) is 11.0 Å². The van der Waals surface area contributed by atoms with E-state index in [1.165, 1.54) is 0 Å². The molecule has 1 heterocycles. The first-order chi connectivity index (χ1) is 6.40. The Hall–Kier alpha value is -1.97. The molecule has 0 spiro atoms. The highest BCUT2D eigenvalue weighted by Crippen LogP contribution is 2.22. The van der Waals surface area contributed by atoms with Crippen molar-refractivity contribution in [1.29, 1.82) is 5.26 Å². The lowest BCUT2D eigenvalue weighted by Gasteiger charge is -2.07. The van der Waals surface area contributed by atoms with Gasteiger partial charge in [0, 0.05) is 11.8 Å². The van der Waals surface area contributed by atoms with Crippen LogP contribution in [0, 0.1) is 11.3 Å². The molecule has 14 heavy (non-hydrogen) atoms. The molecule has 0 aliphatic carbocycles. The number of halogens is 3. The maximum atomic E-state index is 11.7. The topological polar surface area (TPSA) is 71.9 Å². The first-order valence-corrected chi connectivity index (χ1v) is 3.34. The number of rotatable bonds is 1. The fourth-order valence-corrected chi connectivity index (χ4v) is 0.754. The van der Waals surface area contributed by atoms with Crippen molar-refractivity contribution in [3.8, 4) is 11.9 Å². The van der Waals surface area contributed by atoms with Crippen molar-refractivity contribution in [2.24, 2.45) is 0 Å². The molecule has 0 aliphatic heterocycles. The third-order valence-electron chi connectivity index (χ3n) is 1.16. The predicted octanol–water partition coefficient (Wildman–Crippen LogP) is 1.43. The molecule has 0 unspecified atom stereocenters. The van der Waals surface area contributed by atoms with Gasteiger partial charge < -0.3 is 10.5 Å². The molecule has 7 heteroatoms. The lowest BCUT2D eigenvalue weighted by molar-refractivity contribution is -0.276. The Morgan fingerprint density at radius 2 is 2.07 bits per heavy atom. The number of nitrogens with zero attached hydrogens (tertiary/aromatic N) is 2. The van der Waals surface area contributed by atoms with Crippen LogP contribution in [0.3, 0.4) is 0 Å². The van der Waals surface area contributed by atoms with Crippen LogP contribution in [0.4, 0.5) is 18.9 Å². The molecule has 0 atom stereocenters. The van der Waals surface area contributed by atoms with Gasteiger partial charge in [0.05, 0.1) is 0 Å². The molecule has 0 aromatic carbocycles. The normalized spacial score (nSPS) is 10.7. The number of alkyl halides is 3. The fourth-order valence-electron chi connectivity index (χ4n) is 0.754. The van der Waals surface area contributed by atoms with Crippen molar-refractivity contribution in [2.45, 2.75) is 6.36 Å². The molecule has 0 bridgehead atoms. The van der Waals surface area contributed by atoms with Gasteiger partial charge in [-0.2, -0.15) is 5.26 Å². The molecule has 0 radical (unpaired) electrons. The van der Waals surface area contributed by atoms with E-state index >= 15 is 0 Å². The van der Waals surface area contributed by atoms with Gasteiger partial charge in [-0.25, -0.2) is 4.98 Å². The van der Waals surface area contributed by atoms with E-state index in [1.807, 2.05) is 0 Å². The lowest BCUT2D eigenvalue weighted by Crippen LogP contribution is -2.18. The fraction of sp³-hybridized carbons (Fsp3) is 0.143. The molecule has 0 aliphatic rings. The maximum Gasteiger partial charge on any atom is 0.574 e. The van der Waals surface area contributed by atoms with E-state index in [2.05, 4.69) is 9.72 Å². The molecule has 1 aromatic heterocycles. The molecule has 4 nitrogen and oxygen atoms in total. The molecule has 0 fully saturated rings. The second kappa shape index (κ2) is 3.41. The highest BCUT2D eigenvalue weighted by atomic mass is 19.4. The van der Waals surface area contributed by atoms with Crippen LogP contribution in [0.25, 0.3) is 0 Å². The standard InChI is InChI=1S/C7H4F3N3O/c8-7(9,10)14-6-2-4(12)1-5(3-11)13-6/h1-2H,(H2,12,13). The third-order valence-corrected chi connectivity index (χ3v) is 1.16. The summed E-state index contributed by atoms with van der Waals surface area (Å²) in [6.45, 7) is 0. The summed E-state index contributed by atoms with van der Waals surface area (Å²) in [5.74, 6) is -0.742. The Bertz CT molecular complexity index is 383. The quantitative estimate of drug-likeness (QED) is 0.749. The first-order valence-electron chi connectivity index (χ1n) is 3.34. The average Bonchev–Trinajstić information content (AvgIpc) is 1.99. The molecular weight excluding hydrogens is 199 g/mol. The highest BCUT2D eigenvalue weighted by molar-refractivity contribution is 5.45. The van der Waals surface area contributed by atoms with Gasteiger partial charge in [0.25, 0.3) is 0 Å². The lowest BCUT2D eigenvalue weighted by atomic mass is 10.3. The number of ether oxygens (including phenoxy) is 1. The molecule has 1 rings (SSSR count). The Kier molecular flexibility index (Phi) is 2.47. The molecule has 74 valence electrons. The predicted molar refractivity (Wildman–Crippen MR) is 40.0 cm³/mol. The summed E-state index contributed by atoms with van der Waals surface area (Å²) in [6.07, 6.45) is -4.84. The zero-order chi connectivity index (χ0) is 10.8. The van der Waals surface area contributed by atoms with E-state index in [-0.39, 0.29) is 11.4 Å². The van der Waals surface area contributed by atoms with Gasteiger partial charge in [-0.15, -0.1) is 13.2 Å². The van der Waals surface area contributed by atoms with E-state index in [0.717, 1.165) is 12.1 Å². The molecule has 2 N–H and O–H groups in total. The van der Waals surface area contributed by atoms with Crippen molar-refractivity contribution in [1.82, 2.24) is 4.98 Å². The van der Waals surface area contributed by atoms with Crippen LogP contribution in [0.15, 0.2) is 12.1 Å². The second-order valence-corrected chi connectivity index (χ2v) is 2.28. The number of hydrogen-bond acceptors (Lipinski definition) is 4. The number of aromatic nitrogens is 1. The van der Waals surface area contributed by atoms with E-state index in [1.54, 1.807) is 6.07 Å². The van der Waals surface area contributed by atoms with E-state index < -0.39 is 12.2 Å². The zero-order valence-corrected chi connectivity index (χ0v) is 6.67. The van der Waals surface area contributed by atoms with Crippen LogP contribution in [-0.2, 0) is 0 Å². The van der Waals surface area contributed by atoms with Gasteiger partial charge in [0.1, 0.15) is 11.8 Å². The summed E-state index contributed by atoms with van der Waals surface area (Å²) >= 11 is 0. The number of pyridine rings is 1. The molecule has 0 saturated carbocycles. The summed E-state index contributed by atoms with van der Waals surface area (Å²) < 4.78 is 38.7. The Morgan fingerprint density at radius 3 is 2.57 bits per heavy atom. The summed E-state index contributed by atoms with van der Waals surface area (Å²) in [5, 5.41) is 8.38. The van der Waals surface area contributed by atoms with E-state index in [0.29, 0.717) is 0 Å². The van der Waals surface area contributed by atoms with Gasteiger partial charge in [0.15, 0.2) is 0 Å². The molecule has 1 aromatic rings. The van der Waals surface area contributed by atoms with Crippen LogP contribution in [-0.4, -0.2) is 11.3 Å². The first kappa shape index (κ1) is 10.1. The summed E-state index contributed by atoms with van der Waals surface area (Å²) in [6, 6.07) is 3.58. The monoisotopic (exact) mass is 203 g/mol. The minimum Gasteiger partial charge on any atom is -0.398 e. The van der Waals surface area contributed by atoms with Crippen molar-refractivity contribution in [3.63, 3.8) is 0 Å². The Morgan fingerprint density at radius 1 is 1.43 bits per heavy atom. The number of hydrogen-bond donors (Lipinski definition) is 1. The summed E-state index contributed by atoms with van der Waals surface area (Å²) in [7, 11) is 0. The van der Waals surface area contributed by atoms with Gasteiger partial charge in [-0.05, 0) is 6.07 Å². The van der Waals surface area contributed by atoms with Gasteiger partial charge in [-0.3, -0.25) is 0 Å². The third kappa shape index (κ3) is 2.82. The SMILES string of the molecule is N#Cc1cc(N)cc(OC(F)(F)F)n1. The van der Waals surface area contributed by atoms with Gasteiger partial charge >= 0.3 is 6.36 Å². The average molecular weight is 203 g/mol. The number of nitriles is 1. The molecular formula is C7H4F3N3O. The van der Waals surface area contributed by atoms with Gasteiger partial charge in [-0.1, -0.05) is 0 Å². The summed E-state index contributed by atoms with van der Waals surface area (Å²) in [5.41, 5.74) is 4.97. The smallest absolute Gasteiger partial charge is 0.398 e. The van der Waals surface area contributed by atoms with E-state index in [9.17, 15) is 13.2 Å². The maximum absolute atomic E-state index is 11.7. The summed E-state index contributed by atoms with van der Waals surface area (Å²) in [4.78, 5) is 3.25. The zero-order valence-electron chi connectivity index (χ0n) is 6.67. The Balaban J connectivity index is 3.00. The van der Waals surface area contributed by atoms with Crippen LogP contribution in [0.5, 0.6) is 5.88 Å². The van der Waals surface area contributed by atoms with Crippen LogP contribution in [0.1, 0.15) is 5.69 Å². The largest absolute Gasteiger partial charge is 0.574 e. The minimum atomic E-state index is -4.84. The van der Waals surface area contributed by atoms with Crippen LogP contribution < -0.4 is 10.5 Å². The highest BCUT2D eigenvalue weighted by Gasteiger charge is 2.32. The van der Waals surface area contributed by atoms with Gasteiger partial charge in [0.2, 0.25) is 5.88 Å². The molecule has 0 saturated heterocycles.